The Hall–Kier alpha value is -2.05. The number of aromatic nitrogens is 2. The lowest BCUT2D eigenvalue weighted by Crippen LogP contribution is -2.47. The highest BCUT2D eigenvalue weighted by molar-refractivity contribution is 5.89. The molecule has 0 aromatic carbocycles. The molecule has 1 saturated heterocycles. The number of likely N-dealkylation sites (tertiary alicyclic amines) is 1. The lowest BCUT2D eigenvalue weighted by Gasteiger charge is -2.31. The highest BCUT2D eigenvalue weighted by Crippen LogP contribution is 2.11. The largest absolute Gasteiger partial charge is 0.343 e. The summed E-state index contributed by atoms with van der Waals surface area (Å²) in [5, 5.41) is 9.79. The van der Waals surface area contributed by atoms with Crippen molar-refractivity contribution in [1.29, 1.82) is 0 Å². The Morgan fingerprint density at radius 3 is 2.65 bits per heavy atom. The average Bonchev–Trinajstić information content (AvgIpc) is 2.86. The monoisotopic (exact) mass is 279 g/mol. The molecule has 3 amide bonds. The molecule has 20 heavy (non-hydrogen) atoms. The van der Waals surface area contributed by atoms with E-state index >= 15 is 0 Å². The molecule has 2 rings (SSSR count). The molecule has 0 bridgehead atoms. The Kier molecular flexibility index (Phi) is 4.60. The summed E-state index contributed by atoms with van der Waals surface area (Å²) in [7, 11) is 0. The number of carbonyl (C=O) groups is 2. The van der Waals surface area contributed by atoms with Gasteiger partial charge in [-0.3, -0.25) is 9.48 Å². The molecule has 0 radical (unpaired) electrons. The van der Waals surface area contributed by atoms with Crippen molar-refractivity contribution in [3.8, 4) is 0 Å². The number of nitrogens with one attached hydrogen (secondary N) is 2. The van der Waals surface area contributed by atoms with Gasteiger partial charge in [0, 0.05) is 38.8 Å². The Labute approximate surface area is 118 Å². The molecule has 0 spiro atoms. The van der Waals surface area contributed by atoms with Gasteiger partial charge in [-0.2, -0.15) is 5.10 Å². The number of carbonyl (C=O) groups excluding carboxylic acids is 2. The molecular weight excluding hydrogens is 258 g/mol. The quantitative estimate of drug-likeness (QED) is 0.867. The van der Waals surface area contributed by atoms with Crippen molar-refractivity contribution in [2.24, 2.45) is 0 Å². The van der Waals surface area contributed by atoms with Crippen LogP contribution in [0.5, 0.6) is 0 Å². The van der Waals surface area contributed by atoms with Crippen molar-refractivity contribution in [1.82, 2.24) is 20.0 Å². The van der Waals surface area contributed by atoms with Crippen LogP contribution in [-0.2, 0) is 11.3 Å². The summed E-state index contributed by atoms with van der Waals surface area (Å²) < 4.78 is 1.75. The van der Waals surface area contributed by atoms with E-state index in [-0.39, 0.29) is 18.0 Å². The molecule has 1 aromatic rings. The van der Waals surface area contributed by atoms with Gasteiger partial charge in [0.15, 0.2) is 0 Å². The lowest BCUT2D eigenvalue weighted by atomic mass is 10.1. The topological polar surface area (TPSA) is 79.3 Å². The number of nitrogens with zero attached hydrogens (tertiary/aromatic N) is 3. The van der Waals surface area contributed by atoms with Crippen LogP contribution in [-0.4, -0.2) is 45.8 Å². The summed E-state index contributed by atoms with van der Waals surface area (Å²) in [5.41, 5.74) is 0.686. The summed E-state index contributed by atoms with van der Waals surface area (Å²) in [6.45, 7) is 5.74. The smallest absolute Gasteiger partial charge is 0.319 e. The maximum Gasteiger partial charge on any atom is 0.319 e. The lowest BCUT2D eigenvalue weighted by molar-refractivity contribution is -0.129. The average molecular weight is 279 g/mol. The number of hydrogen-bond donors (Lipinski definition) is 2. The van der Waals surface area contributed by atoms with Crippen molar-refractivity contribution in [2.45, 2.75) is 39.3 Å². The first-order valence-corrected chi connectivity index (χ1v) is 6.94. The maximum atomic E-state index is 11.9. The van der Waals surface area contributed by atoms with Crippen LogP contribution >= 0.6 is 0 Å². The highest BCUT2D eigenvalue weighted by Gasteiger charge is 2.21. The van der Waals surface area contributed by atoms with Crippen LogP contribution in [0.4, 0.5) is 10.5 Å². The molecular formula is C13H21N5O2. The van der Waals surface area contributed by atoms with Crippen molar-refractivity contribution in [2.75, 3.05) is 18.4 Å². The number of rotatable bonds is 3. The van der Waals surface area contributed by atoms with E-state index in [0.29, 0.717) is 18.8 Å². The third kappa shape index (κ3) is 3.72. The number of urea groups is 1. The van der Waals surface area contributed by atoms with Crippen LogP contribution in [0, 0.1) is 0 Å². The van der Waals surface area contributed by atoms with Crippen LogP contribution in [0.2, 0.25) is 0 Å². The van der Waals surface area contributed by atoms with Crippen LogP contribution in [0.15, 0.2) is 12.4 Å². The molecule has 7 nitrogen and oxygen atoms in total. The van der Waals surface area contributed by atoms with E-state index in [0.717, 1.165) is 19.4 Å². The summed E-state index contributed by atoms with van der Waals surface area (Å²) >= 11 is 0. The Morgan fingerprint density at radius 2 is 2.10 bits per heavy atom. The van der Waals surface area contributed by atoms with Gasteiger partial charge in [0.25, 0.3) is 0 Å². The predicted molar refractivity (Wildman–Crippen MR) is 75.3 cm³/mol. The number of anilines is 1. The maximum absolute atomic E-state index is 11.9. The van der Waals surface area contributed by atoms with Crippen molar-refractivity contribution < 1.29 is 9.59 Å². The van der Waals surface area contributed by atoms with E-state index in [1.807, 2.05) is 6.92 Å². The van der Waals surface area contributed by atoms with E-state index in [1.165, 1.54) is 0 Å². The SMILES string of the molecule is CCn1cc(NC(=O)NC2CCN(C(C)=O)CC2)cn1. The van der Waals surface area contributed by atoms with E-state index in [1.54, 1.807) is 28.9 Å². The minimum atomic E-state index is -0.220. The molecule has 0 unspecified atom stereocenters. The Morgan fingerprint density at radius 1 is 1.40 bits per heavy atom. The zero-order valence-corrected chi connectivity index (χ0v) is 11.9. The molecule has 1 fully saturated rings. The van der Waals surface area contributed by atoms with Crippen LogP contribution in [0.1, 0.15) is 26.7 Å². The molecule has 0 saturated carbocycles. The number of amides is 3. The second-order valence-corrected chi connectivity index (χ2v) is 4.96. The van der Waals surface area contributed by atoms with Crippen molar-refractivity contribution >= 4 is 17.6 Å². The molecule has 1 aliphatic rings. The second kappa shape index (κ2) is 6.40. The normalized spacial score (nSPS) is 16.0. The summed E-state index contributed by atoms with van der Waals surface area (Å²) in [6, 6.07) is -0.103. The minimum absolute atomic E-state index is 0.0971. The first-order valence-electron chi connectivity index (χ1n) is 6.94. The van der Waals surface area contributed by atoms with Gasteiger partial charge < -0.3 is 15.5 Å². The second-order valence-electron chi connectivity index (χ2n) is 4.96. The number of piperidine rings is 1. The fourth-order valence-corrected chi connectivity index (χ4v) is 2.29. The highest BCUT2D eigenvalue weighted by atomic mass is 16.2. The first kappa shape index (κ1) is 14.4. The van der Waals surface area contributed by atoms with Crippen molar-refractivity contribution in [3.05, 3.63) is 12.4 Å². The molecule has 7 heteroatoms. The fourth-order valence-electron chi connectivity index (χ4n) is 2.29. The zero-order valence-electron chi connectivity index (χ0n) is 11.9. The summed E-state index contributed by atoms with van der Waals surface area (Å²) in [6.07, 6.45) is 5.00. The molecule has 1 aliphatic heterocycles. The third-order valence-corrected chi connectivity index (χ3v) is 3.49. The first-order chi connectivity index (χ1) is 9.58. The van der Waals surface area contributed by atoms with Gasteiger partial charge in [-0.25, -0.2) is 4.79 Å². The van der Waals surface area contributed by atoms with Gasteiger partial charge in [-0.05, 0) is 19.8 Å². The van der Waals surface area contributed by atoms with Crippen LogP contribution < -0.4 is 10.6 Å². The molecule has 2 N–H and O–H groups in total. The molecule has 110 valence electrons. The Bertz CT molecular complexity index is 477. The van der Waals surface area contributed by atoms with E-state index in [4.69, 9.17) is 0 Å². The van der Waals surface area contributed by atoms with Gasteiger partial charge in [-0.15, -0.1) is 0 Å². The summed E-state index contributed by atoms with van der Waals surface area (Å²) in [4.78, 5) is 24.9. The van der Waals surface area contributed by atoms with Gasteiger partial charge in [0.1, 0.15) is 0 Å². The Balaban J connectivity index is 1.76. The minimum Gasteiger partial charge on any atom is -0.343 e. The molecule has 0 atom stereocenters. The third-order valence-electron chi connectivity index (χ3n) is 3.49. The van der Waals surface area contributed by atoms with Gasteiger partial charge >= 0.3 is 6.03 Å². The van der Waals surface area contributed by atoms with Gasteiger partial charge in [0.2, 0.25) is 5.91 Å². The van der Waals surface area contributed by atoms with Crippen LogP contribution in [0.25, 0.3) is 0 Å². The molecule has 0 aliphatic carbocycles. The van der Waals surface area contributed by atoms with Crippen molar-refractivity contribution in [3.63, 3.8) is 0 Å². The zero-order chi connectivity index (χ0) is 14.5. The summed E-state index contributed by atoms with van der Waals surface area (Å²) in [5.74, 6) is 0.0971. The van der Waals surface area contributed by atoms with E-state index in [2.05, 4.69) is 15.7 Å². The number of aryl methyl sites for hydroxylation is 1. The van der Waals surface area contributed by atoms with E-state index < -0.39 is 0 Å². The molecule has 2 heterocycles. The van der Waals surface area contributed by atoms with Crippen LogP contribution in [0.3, 0.4) is 0 Å². The fraction of sp³-hybridized carbons (Fsp3) is 0.615. The predicted octanol–water partition coefficient (Wildman–Crippen LogP) is 1.04. The van der Waals surface area contributed by atoms with Gasteiger partial charge in [0.05, 0.1) is 11.9 Å². The molecule has 1 aromatic heterocycles. The number of hydrogen-bond acceptors (Lipinski definition) is 3. The van der Waals surface area contributed by atoms with E-state index in [9.17, 15) is 9.59 Å². The standard InChI is InChI=1S/C13H21N5O2/c1-3-18-9-12(8-14-18)16-13(20)15-11-4-6-17(7-5-11)10(2)19/h8-9,11H,3-7H2,1-2H3,(H2,15,16,20). The van der Waals surface area contributed by atoms with Gasteiger partial charge in [-0.1, -0.05) is 0 Å².